The van der Waals surface area contributed by atoms with Gasteiger partial charge in [-0.3, -0.25) is 4.79 Å². The lowest BCUT2D eigenvalue weighted by Gasteiger charge is -2.18. The van der Waals surface area contributed by atoms with Gasteiger partial charge in [0.25, 0.3) is 0 Å². The van der Waals surface area contributed by atoms with Gasteiger partial charge in [0, 0.05) is 24.7 Å². The van der Waals surface area contributed by atoms with Crippen molar-refractivity contribution in [2.24, 2.45) is 4.99 Å². The average Bonchev–Trinajstić information content (AvgIpc) is 3.12. The normalized spacial score (nSPS) is 16.5. The second-order valence-electron chi connectivity index (χ2n) is 6.26. The van der Waals surface area contributed by atoms with Gasteiger partial charge in [0.15, 0.2) is 5.96 Å². The van der Waals surface area contributed by atoms with Gasteiger partial charge in [-0.2, -0.15) is 0 Å². The Morgan fingerprint density at radius 1 is 1.31 bits per heavy atom. The molecule has 2 aliphatic rings. The standard InChI is InChI=1S/C19H26N4O2.HI/c1-2-20-19(22-15-5-3-4-6-15)21-11-12-25-16-8-9-17-14(13-16)7-10-18(24)23-17;/h3-4,8-9,13,15H,2,5-7,10-12H2,1H3,(H,23,24)(H2,20,21,22);1H. The molecule has 0 aromatic heterocycles. The molecule has 0 atom stereocenters. The van der Waals surface area contributed by atoms with Gasteiger partial charge in [-0.25, -0.2) is 4.99 Å². The molecule has 3 N–H and O–H groups in total. The van der Waals surface area contributed by atoms with E-state index in [1.807, 2.05) is 18.2 Å². The number of carbonyl (C=O) groups is 1. The van der Waals surface area contributed by atoms with Crippen LogP contribution in [0, 0.1) is 0 Å². The number of nitrogens with zero attached hydrogens (tertiary/aromatic N) is 1. The fraction of sp³-hybridized carbons (Fsp3) is 0.474. The molecule has 1 aromatic carbocycles. The molecule has 3 rings (SSSR count). The first-order chi connectivity index (χ1) is 12.2. The van der Waals surface area contributed by atoms with Gasteiger partial charge in [0.05, 0.1) is 6.54 Å². The zero-order chi connectivity index (χ0) is 17.5. The number of ether oxygens (including phenoxy) is 1. The van der Waals surface area contributed by atoms with E-state index < -0.39 is 0 Å². The maximum absolute atomic E-state index is 11.4. The molecular formula is C19H27IN4O2. The topological polar surface area (TPSA) is 74.8 Å². The van der Waals surface area contributed by atoms with E-state index in [1.165, 1.54) is 0 Å². The molecule has 7 heteroatoms. The maximum atomic E-state index is 11.4. The fourth-order valence-corrected chi connectivity index (χ4v) is 3.02. The fourth-order valence-electron chi connectivity index (χ4n) is 3.02. The van der Waals surface area contributed by atoms with Crippen molar-refractivity contribution in [2.45, 2.75) is 38.6 Å². The van der Waals surface area contributed by atoms with Gasteiger partial charge in [0.1, 0.15) is 12.4 Å². The lowest BCUT2D eigenvalue weighted by molar-refractivity contribution is -0.116. The summed E-state index contributed by atoms with van der Waals surface area (Å²) >= 11 is 0. The first-order valence-corrected chi connectivity index (χ1v) is 9.00. The third kappa shape index (κ3) is 5.89. The highest BCUT2D eigenvalue weighted by Gasteiger charge is 2.15. The van der Waals surface area contributed by atoms with Crippen molar-refractivity contribution in [2.75, 3.05) is 25.0 Å². The summed E-state index contributed by atoms with van der Waals surface area (Å²) in [4.78, 5) is 16.0. The lowest BCUT2D eigenvalue weighted by Crippen LogP contribution is -2.42. The van der Waals surface area contributed by atoms with Crippen LogP contribution < -0.4 is 20.7 Å². The predicted molar refractivity (Wildman–Crippen MR) is 116 cm³/mol. The van der Waals surface area contributed by atoms with E-state index in [-0.39, 0.29) is 29.9 Å². The summed E-state index contributed by atoms with van der Waals surface area (Å²) < 4.78 is 5.81. The molecule has 1 amide bonds. The summed E-state index contributed by atoms with van der Waals surface area (Å²) in [7, 11) is 0. The smallest absolute Gasteiger partial charge is 0.224 e. The van der Waals surface area contributed by atoms with Crippen LogP contribution in [0.5, 0.6) is 5.75 Å². The molecule has 0 radical (unpaired) electrons. The molecule has 26 heavy (non-hydrogen) atoms. The van der Waals surface area contributed by atoms with E-state index in [4.69, 9.17) is 4.74 Å². The predicted octanol–water partition coefficient (Wildman–Crippen LogP) is 2.84. The van der Waals surface area contributed by atoms with E-state index in [9.17, 15) is 4.79 Å². The number of nitrogens with one attached hydrogen (secondary N) is 3. The molecule has 142 valence electrons. The zero-order valence-electron chi connectivity index (χ0n) is 15.1. The summed E-state index contributed by atoms with van der Waals surface area (Å²) in [5, 5.41) is 9.59. The van der Waals surface area contributed by atoms with Gasteiger partial charge in [-0.05, 0) is 49.9 Å². The Bertz CT molecular complexity index is 668. The number of hydrogen-bond donors (Lipinski definition) is 3. The Kier molecular flexibility index (Phi) is 8.21. The average molecular weight is 470 g/mol. The molecule has 1 aliphatic carbocycles. The molecule has 1 heterocycles. The third-order valence-electron chi connectivity index (χ3n) is 4.30. The Morgan fingerprint density at radius 2 is 2.12 bits per heavy atom. The van der Waals surface area contributed by atoms with E-state index in [0.29, 0.717) is 25.6 Å². The van der Waals surface area contributed by atoms with Crippen LogP contribution in [0.4, 0.5) is 5.69 Å². The minimum atomic E-state index is 0. The van der Waals surface area contributed by atoms with Crippen molar-refractivity contribution in [1.82, 2.24) is 10.6 Å². The molecule has 0 unspecified atom stereocenters. The van der Waals surface area contributed by atoms with Gasteiger partial charge >= 0.3 is 0 Å². The van der Waals surface area contributed by atoms with Crippen LogP contribution in [0.2, 0.25) is 0 Å². The number of hydrogen-bond acceptors (Lipinski definition) is 3. The van der Waals surface area contributed by atoms with Crippen molar-refractivity contribution in [1.29, 1.82) is 0 Å². The Labute approximate surface area is 171 Å². The monoisotopic (exact) mass is 470 g/mol. The number of amides is 1. The van der Waals surface area contributed by atoms with Crippen LogP contribution in [-0.2, 0) is 11.2 Å². The number of aryl methyl sites for hydroxylation is 1. The minimum Gasteiger partial charge on any atom is -0.492 e. The Balaban J connectivity index is 0.00000243. The molecule has 0 bridgehead atoms. The van der Waals surface area contributed by atoms with Crippen LogP contribution in [0.15, 0.2) is 35.3 Å². The molecule has 6 nitrogen and oxygen atoms in total. The molecule has 1 aliphatic heterocycles. The third-order valence-corrected chi connectivity index (χ3v) is 4.30. The number of benzene rings is 1. The van der Waals surface area contributed by atoms with Crippen molar-refractivity contribution >= 4 is 41.5 Å². The number of anilines is 1. The summed E-state index contributed by atoms with van der Waals surface area (Å²) in [6.45, 7) is 4.00. The number of fused-ring (bicyclic) bond motifs is 1. The van der Waals surface area contributed by atoms with Gasteiger partial charge in [-0.15, -0.1) is 24.0 Å². The van der Waals surface area contributed by atoms with Gasteiger partial charge in [0.2, 0.25) is 5.91 Å². The Morgan fingerprint density at radius 3 is 2.88 bits per heavy atom. The highest BCUT2D eigenvalue weighted by atomic mass is 127. The highest BCUT2D eigenvalue weighted by molar-refractivity contribution is 14.0. The van der Waals surface area contributed by atoms with Gasteiger partial charge in [-0.1, -0.05) is 12.2 Å². The van der Waals surface area contributed by atoms with Crippen molar-refractivity contribution in [3.05, 3.63) is 35.9 Å². The second kappa shape index (κ2) is 10.4. The largest absolute Gasteiger partial charge is 0.492 e. The first-order valence-electron chi connectivity index (χ1n) is 9.00. The van der Waals surface area contributed by atoms with Crippen molar-refractivity contribution in [3.8, 4) is 5.75 Å². The molecular weight excluding hydrogens is 443 g/mol. The zero-order valence-corrected chi connectivity index (χ0v) is 17.4. The van der Waals surface area contributed by atoms with Crippen LogP contribution in [0.3, 0.4) is 0 Å². The number of carbonyl (C=O) groups excluding carboxylic acids is 1. The lowest BCUT2D eigenvalue weighted by atomic mass is 10.0. The van der Waals surface area contributed by atoms with E-state index in [1.54, 1.807) is 0 Å². The number of aliphatic imine (C=N–C) groups is 1. The number of rotatable bonds is 6. The molecule has 0 saturated carbocycles. The quantitative estimate of drug-likeness (QED) is 0.197. The molecule has 0 spiro atoms. The summed E-state index contributed by atoms with van der Waals surface area (Å²) in [6.07, 6.45) is 7.79. The second-order valence-corrected chi connectivity index (χ2v) is 6.26. The molecule has 0 fully saturated rings. The summed E-state index contributed by atoms with van der Waals surface area (Å²) in [6, 6.07) is 6.24. The van der Waals surface area contributed by atoms with Crippen LogP contribution in [-0.4, -0.2) is 37.6 Å². The van der Waals surface area contributed by atoms with Crippen LogP contribution in [0.25, 0.3) is 0 Å². The maximum Gasteiger partial charge on any atom is 0.224 e. The Hall–Kier alpha value is -1.77. The van der Waals surface area contributed by atoms with E-state index in [0.717, 1.165) is 48.8 Å². The van der Waals surface area contributed by atoms with E-state index >= 15 is 0 Å². The van der Waals surface area contributed by atoms with E-state index in [2.05, 4.69) is 40.0 Å². The number of guanidine groups is 1. The van der Waals surface area contributed by atoms with Crippen molar-refractivity contribution < 1.29 is 9.53 Å². The summed E-state index contributed by atoms with van der Waals surface area (Å²) in [5.41, 5.74) is 2.02. The number of halogens is 1. The highest BCUT2D eigenvalue weighted by Crippen LogP contribution is 2.26. The molecule has 0 saturated heterocycles. The van der Waals surface area contributed by atoms with Crippen LogP contribution in [0.1, 0.15) is 31.7 Å². The first kappa shape index (κ1) is 20.5. The van der Waals surface area contributed by atoms with Gasteiger partial charge < -0.3 is 20.7 Å². The molecule has 1 aromatic rings. The minimum absolute atomic E-state index is 0. The van der Waals surface area contributed by atoms with Crippen LogP contribution >= 0.6 is 24.0 Å². The summed E-state index contributed by atoms with van der Waals surface area (Å²) in [5.74, 6) is 1.74. The van der Waals surface area contributed by atoms with Crippen molar-refractivity contribution in [3.63, 3.8) is 0 Å². The SMILES string of the molecule is CCNC(=NCCOc1ccc2c(c1)CCC(=O)N2)NC1CC=CC1.I.